The maximum atomic E-state index is 13.2. The van der Waals surface area contributed by atoms with E-state index in [2.05, 4.69) is 5.32 Å². The van der Waals surface area contributed by atoms with E-state index in [-0.39, 0.29) is 35.7 Å². The van der Waals surface area contributed by atoms with E-state index < -0.39 is 17.5 Å². The smallest absolute Gasteiger partial charge is 0.343 e. The molecule has 0 aliphatic heterocycles. The van der Waals surface area contributed by atoms with E-state index in [1.807, 2.05) is 0 Å². The van der Waals surface area contributed by atoms with E-state index >= 15 is 0 Å². The van der Waals surface area contributed by atoms with Crippen molar-refractivity contribution in [3.63, 3.8) is 0 Å². The number of para-hydroxylation sites is 1. The third-order valence-corrected chi connectivity index (χ3v) is 6.05. The minimum absolute atomic E-state index is 0.0788. The van der Waals surface area contributed by atoms with Crippen LogP contribution in [-0.2, 0) is 11.3 Å². The van der Waals surface area contributed by atoms with Gasteiger partial charge in [-0.25, -0.2) is 9.18 Å². The van der Waals surface area contributed by atoms with Gasteiger partial charge in [0.2, 0.25) is 11.7 Å². The number of hydrogen-bond donors (Lipinski definition) is 2. The van der Waals surface area contributed by atoms with Crippen LogP contribution in [0.4, 0.5) is 4.39 Å². The van der Waals surface area contributed by atoms with Crippen molar-refractivity contribution >= 4 is 16.9 Å². The first-order valence-electron chi connectivity index (χ1n) is 11.4. The number of benzene rings is 3. The van der Waals surface area contributed by atoms with Gasteiger partial charge >= 0.3 is 5.63 Å². The molecule has 4 rings (SSSR count). The number of amides is 1. The van der Waals surface area contributed by atoms with Crippen molar-refractivity contribution in [3.8, 4) is 23.0 Å². The number of aromatic hydroxyl groups is 1. The minimum Gasteiger partial charge on any atom is -0.507 e. The number of halogens is 1. The highest BCUT2D eigenvalue weighted by atomic mass is 19.1. The van der Waals surface area contributed by atoms with E-state index in [9.17, 15) is 19.1 Å². The molecule has 4 aromatic rings. The summed E-state index contributed by atoms with van der Waals surface area (Å²) in [6.45, 7) is 0.152. The van der Waals surface area contributed by atoms with Crippen LogP contribution in [0.15, 0.2) is 69.9 Å². The highest BCUT2D eigenvalue weighted by molar-refractivity contribution is 5.85. The first-order valence-corrected chi connectivity index (χ1v) is 11.4. The van der Waals surface area contributed by atoms with Crippen molar-refractivity contribution in [2.45, 2.75) is 18.9 Å². The van der Waals surface area contributed by atoms with E-state index in [1.165, 1.54) is 33.5 Å². The van der Waals surface area contributed by atoms with Gasteiger partial charge in [0, 0.05) is 18.9 Å². The Morgan fingerprint density at radius 3 is 2.27 bits per heavy atom. The van der Waals surface area contributed by atoms with Gasteiger partial charge in [-0.05, 0) is 47.5 Å². The average molecular weight is 508 g/mol. The molecule has 0 radical (unpaired) electrons. The fourth-order valence-electron chi connectivity index (χ4n) is 4.20. The van der Waals surface area contributed by atoms with Gasteiger partial charge in [0.05, 0.1) is 32.3 Å². The second-order valence-electron chi connectivity index (χ2n) is 8.27. The lowest BCUT2D eigenvalue weighted by molar-refractivity contribution is -0.121. The van der Waals surface area contributed by atoms with Crippen LogP contribution < -0.4 is 25.2 Å². The molecule has 0 spiro atoms. The molecule has 1 aromatic heterocycles. The van der Waals surface area contributed by atoms with E-state index in [0.717, 1.165) is 0 Å². The summed E-state index contributed by atoms with van der Waals surface area (Å²) in [6.07, 6.45) is -0.212. The molecule has 0 unspecified atom stereocenters. The molecular formula is C28H26FNO7. The maximum absolute atomic E-state index is 13.2. The molecule has 1 heterocycles. The summed E-state index contributed by atoms with van der Waals surface area (Å²) >= 11 is 0. The predicted molar refractivity (Wildman–Crippen MR) is 135 cm³/mol. The lowest BCUT2D eigenvalue weighted by Crippen LogP contribution is -2.26. The normalized spacial score (nSPS) is 11.7. The highest BCUT2D eigenvalue weighted by Crippen LogP contribution is 2.43. The third kappa shape index (κ3) is 5.35. The van der Waals surface area contributed by atoms with Gasteiger partial charge in [-0.2, -0.15) is 0 Å². The van der Waals surface area contributed by atoms with E-state index in [4.69, 9.17) is 18.6 Å². The molecule has 0 saturated carbocycles. The second-order valence-corrected chi connectivity index (χ2v) is 8.27. The summed E-state index contributed by atoms with van der Waals surface area (Å²) in [5, 5.41) is 14.3. The molecular weight excluding hydrogens is 481 g/mol. The van der Waals surface area contributed by atoms with E-state index in [0.29, 0.717) is 33.8 Å². The Hall–Kier alpha value is -4.53. The lowest BCUT2D eigenvalue weighted by Gasteiger charge is -2.21. The molecule has 1 atom stereocenters. The van der Waals surface area contributed by atoms with Crippen molar-refractivity contribution in [2.24, 2.45) is 0 Å². The molecule has 0 aliphatic carbocycles. The van der Waals surface area contributed by atoms with Crippen molar-refractivity contribution in [1.82, 2.24) is 5.32 Å². The molecule has 37 heavy (non-hydrogen) atoms. The van der Waals surface area contributed by atoms with Crippen LogP contribution in [0.5, 0.6) is 23.0 Å². The Kier molecular flexibility index (Phi) is 7.62. The zero-order chi connectivity index (χ0) is 26.5. The second kappa shape index (κ2) is 11.0. The molecule has 0 aliphatic rings. The number of carbonyl (C=O) groups is 1. The molecule has 3 aromatic carbocycles. The maximum Gasteiger partial charge on any atom is 0.343 e. The van der Waals surface area contributed by atoms with Gasteiger partial charge in [-0.3, -0.25) is 4.79 Å². The van der Waals surface area contributed by atoms with Crippen LogP contribution in [0.3, 0.4) is 0 Å². The summed E-state index contributed by atoms with van der Waals surface area (Å²) in [6, 6.07) is 15.6. The number of hydrogen-bond acceptors (Lipinski definition) is 7. The summed E-state index contributed by atoms with van der Waals surface area (Å²) in [5.41, 5.74) is 0.529. The van der Waals surface area contributed by atoms with Gasteiger partial charge in [-0.15, -0.1) is 0 Å². The number of carbonyl (C=O) groups excluding carboxylic acids is 1. The number of nitrogens with one attached hydrogen (secondary N) is 1. The largest absolute Gasteiger partial charge is 0.507 e. The zero-order valence-electron chi connectivity index (χ0n) is 20.5. The minimum atomic E-state index is -0.928. The molecule has 0 bridgehead atoms. The van der Waals surface area contributed by atoms with Crippen LogP contribution in [0, 0.1) is 5.82 Å². The predicted octanol–water partition coefficient (Wildman–Crippen LogP) is 4.50. The van der Waals surface area contributed by atoms with Crippen LogP contribution in [0.25, 0.3) is 11.0 Å². The fraction of sp³-hybridized carbons (Fsp3) is 0.214. The topological polar surface area (TPSA) is 107 Å². The Labute approximate surface area is 212 Å². The first-order chi connectivity index (χ1) is 17.9. The number of fused-ring (bicyclic) bond motifs is 1. The lowest BCUT2D eigenvalue weighted by atomic mass is 9.87. The quantitative estimate of drug-likeness (QED) is 0.321. The summed E-state index contributed by atoms with van der Waals surface area (Å²) < 4.78 is 35.0. The van der Waals surface area contributed by atoms with Crippen molar-refractivity contribution in [2.75, 3.05) is 21.3 Å². The Morgan fingerprint density at radius 1 is 1.00 bits per heavy atom. The molecule has 2 N–H and O–H groups in total. The summed E-state index contributed by atoms with van der Waals surface area (Å²) in [4.78, 5) is 26.2. The van der Waals surface area contributed by atoms with Gasteiger partial charge in [0.25, 0.3) is 0 Å². The van der Waals surface area contributed by atoms with Crippen molar-refractivity contribution in [3.05, 3.63) is 93.6 Å². The van der Waals surface area contributed by atoms with Crippen LogP contribution in [-0.4, -0.2) is 32.3 Å². The zero-order valence-corrected chi connectivity index (χ0v) is 20.5. The first kappa shape index (κ1) is 25.6. The fourth-order valence-corrected chi connectivity index (χ4v) is 4.20. The van der Waals surface area contributed by atoms with Crippen molar-refractivity contribution < 1.29 is 32.9 Å². The monoisotopic (exact) mass is 507 g/mol. The van der Waals surface area contributed by atoms with Gasteiger partial charge in [0.15, 0.2) is 11.5 Å². The number of rotatable bonds is 9. The Balaban J connectivity index is 1.79. The van der Waals surface area contributed by atoms with Gasteiger partial charge in [0.1, 0.15) is 17.1 Å². The molecule has 1 amide bonds. The van der Waals surface area contributed by atoms with Crippen LogP contribution >= 0.6 is 0 Å². The summed E-state index contributed by atoms with van der Waals surface area (Å²) in [5.74, 6) is -1.02. The average Bonchev–Trinajstić information content (AvgIpc) is 2.91. The number of methoxy groups -OCH3 is 3. The van der Waals surface area contributed by atoms with Crippen molar-refractivity contribution in [1.29, 1.82) is 0 Å². The van der Waals surface area contributed by atoms with Gasteiger partial charge in [-0.1, -0.05) is 24.3 Å². The third-order valence-electron chi connectivity index (χ3n) is 6.05. The molecule has 8 nitrogen and oxygen atoms in total. The standard InChI is InChI=1S/C28H26FNO7/c1-34-22-12-17(13-23(35-2)27(22)36-3)20(14-24(31)30-15-16-8-10-18(29)11-9-16)25-26(32)19-6-4-5-7-21(19)37-28(25)33/h4-13,20,32H,14-15H2,1-3H3,(H,30,31)/t20-/m1/s1. The molecule has 0 fully saturated rings. The van der Waals surface area contributed by atoms with Gasteiger partial charge < -0.3 is 29.1 Å². The highest BCUT2D eigenvalue weighted by Gasteiger charge is 2.29. The molecule has 192 valence electrons. The van der Waals surface area contributed by atoms with E-state index in [1.54, 1.807) is 48.5 Å². The molecule has 0 saturated heterocycles. The molecule has 9 heteroatoms. The SMILES string of the molecule is COc1cc([C@@H](CC(=O)NCc2ccc(F)cc2)c2c(O)c3ccccc3oc2=O)cc(OC)c1OC. The number of ether oxygens (including phenoxy) is 3. The van der Waals surface area contributed by atoms with Crippen LogP contribution in [0.1, 0.15) is 29.0 Å². The Bertz CT molecular complexity index is 1460. The Morgan fingerprint density at radius 2 is 1.65 bits per heavy atom. The summed E-state index contributed by atoms with van der Waals surface area (Å²) in [7, 11) is 4.37. The van der Waals surface area contributed by atoms with Crippen LogP contribution in [0.2, 0.25) is 0 Å².